The van der Waals surface area contributed by atoms with E-state index in [1.54, 1.807) is 12.3 Å². The van der Waals surface area contributed by atoms with Crippen LogP contribution in [0.1, 0.15) is 16.2 Å². The summed E-state index contributed by atoms with van der Waals surface area (Å²) in [5.41, 5.74) is 1.14. The van der Waals surface area contributed by atoms with Gasteiger partial charge < -0.3 is 9.73 Å². The SMILES string of the molecule is O=C(NCc1ncc(-c2ccccc2)o1)c1cc(F)cc(Br)c1. The van der Waals surface area contributed by atoms with E-state index in [4.69, 9.17) is 4.42 Å². The summed E-state index contributed by atoms with van der Waals surface area (Å²) >= 11 is 3.16. The molecule has 0 spiro atoms. The van der Waals surface area contributed by atoms with Gasteiger partial charge in [-0.2, -0.15) is 0 Å². The van der Waals surface area contributed by atoms with E-state index in [1.807, 2.05) is 30.3 Å². The molecule has 0 unspecified atom stereocenters. The van der Waals surface area contributed by atoms with Crippen molar-refractivity contribution >= 4 is 21.8 Å². The Kier molecular flexibility index (Phi) is 4.52. The lowest BCUT2D eigenvalue weighted by Gasteiger charge is -2.04. The zero-order valence-electron chi connectivity index (χ0n) is 11.9. The molecule has 0 aliphatic heterocycles. The molecule has 3 rings (SSSR count). The second-order valence-electron chi connectivity index (χ2n) is 4.83. The zero-order valence-corrected chi connectivity index (χ0v) is 13.5. The fourth-order valence-corrected chi connectivity index (χ4v) is 2.54. The quantitative estimate of drug-likeness (QED) is 0.745. The predicted molar refractivity (Wildman–Crippen MR) is 87.2 cm³/mol. The number of hydrogen-bond acceptors (Lipinski definition) is 3. The molecule has 1 amide bonds. The summed E-state index contributed by atoms with van der Waals surface area (Å²) in [6.45, 7) is 0.125. The molecule has 116 valence electrons. The smallest absolute Gasteiger partial charge is 0.251 e. The van der Waals surface area contributed by atoms with E-state index in [2.05, 4.69) is 26.2 Å². The molecule has 0 aliphatic rings. The van der Waals surface area contributed by atoms with Crippen LogP contribution >= 0.6 is 15.9 Å². The van der Waals surface area contributed by atoms with Crippen molar-refractivity contribution < 1.29 is 13.6 Å². The summed E-state index contributed by atoms with van der Waals surface area (Å²) in [7, 11) is 0. The second-order valence-corrected chi connectivity index (χ2v) is 5.74. The monoisotopic (exact) mass is 374 g/mol. The molecule has 0 radical (unpaired) electrons. The molecule has 0 fully saturated rings. The minimum Gasteiger partial charge on any atom is -0.439 e. The van der Waals surface area contributed by atoms with E-state index in [1.165, 1.54) is 12.1 Å². The third-order valence-electron chi connectivity index (χ3n) is 3.14. The van der Waals surface area contributed by atoms with Gasteiger partial charge in [0.1, 0.15) is 5.82 Å². The predicted octanol–water partition coefficient (Wildman–Crippen LogP) is 4.17. The van der Waals surface area contributed by atoms with Crippen molar-refractivity contribution in [2.75, 3.05) is 0 Å². The highest BCUT2D eigenvalue weighted by molar-refractivity contribution is 9.10. The Labute approximate surface area is 140 Å². The van der Waals surface area contributed by atoms with Crippen LogP contribution in [0.15, 0.2) is 63.6 Å². The van der Waals surface area contributed by atoms with Crippen LogP contribution in [0.5, 0.6) is 0 Å². The van der Waals surface area contributed by atoms with Crippen molar-refractivity contribution in [3.05, 3.63) is 76.5 Å². The highest BCUT2D eigenvalue weighted by Crippen LogP contribution is 2.20. The number of carbonyl (C=O) groups is 1. The van der Waals surface area contributed by atoms with Gasteiger partial charge in [0.25, 0.3) is 5.91 Å². The van der Waals surface area contributed by atoms with Crippen LogP contribution in [0.3, 0.4) is 0 Å². The Balaban J connectivity index is 1.67. The maximum atomic E-state index is 13.3. The molecular weight excluding hydrogens is 363 g/mol. The number of rotatable bonds is 4. The highest BCUT2D eigenvalue weighted by atomic mass is 79.9. The first kappa shape index (κ1) is 15.4. The average molecular weight is 375 g/mol. The fraction of sp³-hybridized carbons (Fsp3) is 0.0588. The van der Waals surface area contributed by atoms with Crippen molar-refractivity contribution in [3.8, 4) is 11.3 Å². The minimum absolute atomic E-state index is 0.125. The topological polar surface area (TPSA) is 55.1 Å². The molecule has 6 heteroatoms. The summed E-state index contributed by atoms with van der Waals surface area (Å²) in [5, 5.41) is 2.65. The Morgan fingerprint density at radius 2 is 2.00 bits per heavy atom. The van der Waals surface area contributed by atoms with Crippen LogP contribution in [0.4, 0.5) is 4.39 Å². The number of aromatic nitrogens is 1. The zero-order chi connectivity index (χ0) is 16.2. The van der Waals surface area contributed by atoms with Gasteiger partial charge in [-0.1, -0.05) is 46.3 Å². The molecule has 0 atom stereocenters. The minimum atomic E-state index is -0.480. The second kappa shape index (κ2) is 6.75. The molecular formula is C17H12BrFN2O2. The van der Waals surface area contributed by atoms with Crippen molar-refractivity contribution in [2.45, 2.75) is 6.54 Å². The molecule has 2 aromatic carbocycles. The number of halogens is 2. The number of nitrogens with one attached hydrogen (secondary N) is 1. The lowest BCUT2D eigenvalue weighted by Crippen LogP contribution is -2.23. The van der Waals surface area contributed by atoms with Gasteiger partial charge in [0.2, 0.25) is 5.89 Å². The Morgan fingerprint density at radius 1 is 1.22 bits per heavy atom. The summed E-state index contributed by atoms with van der Waals surface area (Å²) in [6, 6.07) is 13.5. The Hall–Kier alpha value is -2.47. The van der Waals surface area contributed by atoms with Crippen molar-refractivity contribution in [3.63, 3.8) is 0 Å². The molecule has 0 bridgehead atoms. The molecule has 1 heterocycles. The standard InChI is InChI=1S/C17H12BrFN2O2/c18-13-6-12(7-14(19)8-13)17(22)21-10-16-20-9-15(23-16)11-4-2-1-3-5-11/h1-9H,10H2,(H,21,22). The largest absolute Gasteiger partial charge is 0.439 e. The molecule has 0 saturated carbocycles. The van der Waals surface area contributed by atoms with Gasteiger partial charge in [-0.25, -0.2) is 9.37 Å². The van der Waals surface area contributed by atoms with E-state index in [0.29, 0.717) is 16.1 Å². The number of carbonyl (C=O) groups excluding carboxylic acids is 1. The lowest BCUT2D eigenvalue weighted by atomic mass is 10.2. The first-order chi connectivity index (χ1) is 11.1. The fourth-order valence-electron chi connectivity index (χ4n) is 2.07. The summed E-state index contributed by atoms with van der Waals surface area (Å²) < 4.78 is 19.4. The average Bonchev–Trinajstić information content (AvgIpc) is 3.01. The highest BCUT2D eigenvalue weighted by Gasteiger charge is 2.11. The van der Waals surface area contributed by atoms with Crippen LogP contribution < -0.4 is 5.32 Å². The maximum Gasteiger partial charge on any atom is 0.251 e. The summed E-state index contributed by atoms with van der Waals surface area (Å²) in [4.78, 5) is 16.2. The third-order valence-corrected chi connectivity index (χ3v) is 3.59. The van der Waals surface area contributed by atoms with E-state index < -0.39 is 11.7 Å². The molecule has 0 saturated heterocycles. The summed E-state index contributed by atoms with van der Waals surface area (Å²) in [6.07, 6.45) is 1.61. The van der Waals surface area contributed by atoms with Gasteiger partial charge in [-0.3, -0.25) is 4.79 Å². The molecule has 23 heavy (non-hydrogen) atoms. The van der Waals surface area contributed by atoms with E-state index in [0.717, 1.165) is 5.56 Å². The van der Waals surface area contributed by atoms with Crippen LogP contribution in [-0.4, -0.2) is 10.9 Å². The Bertz CT molecular complexity index is 813. The molecule has 3 aromatic rings. The van der Waals surface area contributed by atoms with Crippen LogP contribution in [-0.2, 0) is 6.54 Å². The third kappa shape index (κ3) is 3.84. The van der Waals surface area contributed by atoms with Gasteiger partial charge in [-0.15, -0.1) is 0 Å². The van der Waals surface area contributed by atoms with Crippen LogP contribution in [0.2, 0.25) is 0 Å². The van der Waals surface area contributed by atoms with Gasteiger partial charge >= 0.3 is 0 Å². The first-order valence-corrected chi connectivity index (χ1v) is 7.65. The van der Waals surface area contributed by atoms with E-state index in [-0.39, 0.29) is 12.1 Å². The van der Waals surface area contributed by atoms with E-state index >= 15 is 0 Å². The first-order valence-electron chi connectivity index (χ1n) is 6.86. The molecule has 4 nitrogen and oxygen atoms in total. The van der Waals surface area contributed by atoms with Crippen LogP contribution in [0.25, 0.3) is 11.3 Å². The number of oxazole rings is 1. The molecule has 1 N–H and O–H groups in total. The van der Waals surface area contributed by atoms with Crippen LogP contribution in [0, 0.1) is 5.82 Å². The van der Waals surface area contributed by atoms with E-state index in [9.17, 15) is 9.18 Å². The van der Waals surface area contributed by atoms with Gasteiger partial charge in [-0.05, 0) is 18.2 Å². The maximum absolute atomic E-state index is 13.3. The van der Waals surface area contributed by atoms with Crippen molar-refractivity contribution in [1.82, 2.24) is 10.3 Å². The van der Waals surface area contributed by atoms with Gasteiger partial charge in [0.15, 0.2) is 5.76 Å². The molecule has 0 aliphatic carbocycles. The Morgan fingerprint density at radius 3 is 2.74 bits per heavy atom. The summed E-state index contributed by atoms with van der Waals surface area (Å²) in [5.74, 6) is 0.132. The number of nitrogens with zero attached hydrogens (tertiary/aromatic N) is 1. The van der Waals surface area contributed by atoms with Gasteiger partial charge in [0.05, 0.1) is 12.7 Å². The number of hydrogen-bond donors (Lipinski definition) is 1. The van der Waals surface area contributed by atoms with Crippen molar-refractivity contribution in [1.29, 1.82) is 0 Å². The van der Waals surface area contributed by atoms with Gasteiger partial charge in [0, 0.05) is 15.6 Å². The number of benzene rings is 2. The lowest BCUT2D eigenvalue weighted by molar-refractivity contribution is 0.0947. The molecule has 1 aromatic heterocycles. The van der Waals surface area contributed by atoms with Crippen molar-refractivity contribution in [2.24, 2.45) is 0 Å². The number of amides is 1. The normalized spacial score (nSPS) is 10.5.